The van der Waals surface area contributed by atoms with Crippen LogP contribution in [0.15, 0.2) is 6.20 Å². The van der Waals surface area contributed by atoms with Gasteiger partial charge < -0.3 is 11.1 Å². The van der Waals surface area contributed by atoms with Crippen molar-refractivity contribution in [2.75, 3.05) is 5.32 Å². The topological polar surface area (TPSA) is 90.0 Å². The molecule has 0 unspecified atom stereocenters. The molecule has 0 aliphatic heterocycles. The number of thiophene rings is 1. The van der Waals surface area contributed by atoms with Gasteiger partial charge in [0.25, 0.3) is 11.8 Å². The van der Waals surface area contributed by atoms with Crippen LogP contribution in [-0.2, 0) is 19.9 Å². The maximum absolute atomic E-state index is 12.3. The minimum Gasteiger partial charge on any atom is -0.365 e. The molecule has 2 heterocycles. The van der Waals surface area contributed by atoms with Gasteiger partial charge in [0.15, 0.2) is 5.69 Å². The van der Waals surface area contributed by atoms with Crippen LogP contribution in [-0.4, -0.2) is 21.6 Å². The average Bonchev–Trinajstić information content (AvgIpc) is 2.97. The monoisotopic (exact) mass is 338 g/mol. The third kappa shape index (κ3) is 2.62. The van der Waals surface area contributed by atoms with Crippen molar-refractivity contribution in [3.05, 3.63) is 32.9 Å². The van der Waals surface area contributed by atoms with Crippen LogP contribution < -0.4 is 11.1 Å². The Morgan fingerprint density at radius 2 is 2.14 bits per heavy atom. The summed E-state index contributed by atoms with van der Waals surface area (Å²) in [7, 11) is 1.68. The van der Waals surface area contributed by atoms with Crippen molar-refractivity contribution >= 4 is 39.8 Å². The van der Waals surface area contributed by atoms with Crippen molar-refractivity contribution in [2.45, 2.75) is 25.7 Å². The van der Waals surface area contributed by atoms with Crippen LogP contribution in [0.3, 0.4) is 0 Å². The number of anilines is 1. The Morgan fingerprint density at radius 1 is 1.41 bits per heavy atom. The highest BCUT2D eigenvalue weighted by atomic mass is 35.5. The summed E-state index contributed by atoms with van der Waals surface area (Å²) in [5.41, 5.74) is 7.04. The summed E-state index contributed by atoms with van der Waals surface area (Å²) < 4.78 is 1.46. The maximum Gasteiger partial charge on any atom is 0.278 e. The molecule has 2 aromatic heterocycles. The van der Waals surface area contributed by atoms with Gasteiger partial charge in [-0.2, -0.15) is 5.10 Å². The summed E-state index contributed by atoms with van der Waals surface area (Å²) in [5.74, 6) is -0.950. The number of nitrogens with two attached hydrogens (primary N) is 1. The van der Waals surface area contributed by atoms with E-state index in [-0.39, 0.29) is 10.7 Å². The van der Waals surface area contributed by atoms with Crippen molar-refractivity contribution in [3.63, 3.8) is 0 Å². The first kappa shape index (κ1) is 15.1. The highest BCUT2D eigenvalue weighted by Crippen LogP contribution is 2.38. The number of rotatable bonds is 3. The Balaban J connectivity index is 1.95. The Labute approximate surface area is 136 Å². The van der Waals surface area contributed by atoms with Gasteiger partial charge in [-0.15, -0.1) is 11.3 Å². The van der Waals surface area contributed by atoms with Gasteiger partial charge in [0.1, 0.15) is 5.00 Å². The highest BCUT2D eigenvalue weighted by Gasteiger charge is 2.26. The Bertz CT molecular complexity index is 765. The van der Waals surface area contributed by atoms with Crippen LogP contribution in [0.4, 0.5) is 5.00 Å². The molecule has 0 fully saturated rings. The average molecular weight is 339 g/mol. The largest absolute Gasteiger partial charge is 0.365 e. The lowest BCUT2D eigenvalue weighted by atomic mass is 9.95. The van der Waals surface area contributed by atoms with E-state index in [1.807, 2.05) is 0 Å². The lowest BCUT2D eigenvalue weighted by Gasteiger charge is -2.11. The third-order valence-corrected chi connectivity index (χ3v) is 5.13. The molecule has 1 aliphatic rings. The Hall–Kier alpha value is -1.86. The molecule has 22 heavy (non-hydrogen) atoms. The second-order valence-electron chi connectivity index (χ2n) is 5.23. The lowest BCUT2D eigenvalue weighted by molar-refractivity contribution is 0.100. The zero-order valence-electron chi connectivity index (χ0n) is 12.0. The van der Waals surface area contributed by atoms with E-state index < -0.39 is 11.8 Å². The van der Waals surface area contributed by atoms with Crippen LogP contribution >= 0.6 is 22.9 Å². The highest BCUT2D eigenvalue weighted by molar-refractivity contribution is 7.17. The molecule has 0 aromatic carbocycles. The Kier molecular flexibility index (Phi) is 3.92. The number of nitrogens with one attached hydrogen (secondary N) is 1. The van der Waals surface area contributed by atoms with Gasteiger partial charge in [-0.3, -0.25) is 14.3 Å². The van der Waals surface area contributed by atoms with E-state index >= 15 is 0 Å². The molecule has 0 saturated heterocycles. The van der Waals surface area contributed by atoms with Crippen molar-refractivity contribution in [1.82, 2.24) is 9.78 Å². The number of amides is 2. The summed E-state index contributed by atoms with van der Waals surface area (Å²) in [6.45, 7) is 0. The van der Waals surface area contributed by atoms with Gasteiger partial charge in [-0.05, 0) is 31.2 Å². The molecule has 0 spiro atoms. The number of halogens is 1. The van der Waals surface area contributed by atoms with E-state index in [0.29, 0.717) is 10.6 Å². The number of aromatic nitrogens is 2. The van der Waals surface area contributed by atoms with E-state index in [4.69, 9.17) is 17.3 Å². The van der Waals surface area contributed by atoms with Gasteiger partial charge in [-0.1, -0.05) is 11.6 Å². The molecule has 1 aliphatic carbocycles. The number of fused-ring (bicyclic) bond motifs is 1. The summed E-state index contributed by atoms with van der Waals surface area (Å²) in [5, 5.41) is 7.52. The van der Waals surface area contributed by atoms with Crippen molar-refractivity contribution in [2.24, 2.45) is 12.8 Å². The van der Waals surface area contributed by atoms with Crippen molar-refractivity contribution in [1.29, 1.82) is 0 Å². The minimum atomic E-state index is -0.512. The molecule has 0 saturated carbocycles. The van der Waals surface area contributed by atoms with Gasteiger partial charge in [0.05, 0.1) is 10.6 Å². The van der Waals surface area contributed by atoms with E-state index in [2.05, 4.69) is 10.4 Å². The van der Waals surface area contributed by atoms with Gasteiger partial charge in [0.2, 0.25) is 0 Å². The summed E-state index contributed by atoms with van der Waals surface area (Å²) in [6, 6.07) is 0. The molecule has 6 nitrogen and oxygen atoms in total. The van der Waals surface area contributed by atoms with Crippen molar-refractivity contribution < 1.29 is 9.59 Å². The summed E-state index contributed by atoms with van der Waals surface area (Å²) >= 11 is 7.39. The summed E-state index contributed by atoms with van der Waals surface area (Å²) in [6.07, 6.45) is 5.41. The maximum atomic E-state index is 12.3. The number of carbonyl (C=O) groups is 2. The van der Waals surface area contributed by atoms with Gasteiger partial charge in [-0.25, -0.2) is 0 Å². The molecule has 8 heteroatoms. The van der Waals surface area contributed by atoms with Crippen LogP contribution in [0.25, 0.3) is 0 Å². The zero-order chi connectivity index (χ0) is 15.9. The molecule has 3 rings (SSSR count). The first-order valence-electron chi connectivity index (χ1n) is 6.92. The lowest BCUT2D eigenvalue weighted by Crippen LogP contribution is -2.19. The number of nitrogens with zero attached hydrogens (tertiary/aromatic N) is 2. The number of aryl methyl sites for hydroxylation is 2. The molecule has 116 valence electrons. The first-order valence-corrected chi connectivity index (χ1v) is 8.11. The fourth-order valence-electron chi connectivity index (χ4n) is 2.69. The fraction of sp³-hybridized carbons (Fsp3) is 0.357. The second-order valence-corrected chi connectivity index (χ2v) is 6.75. The summed E-state index contributed by atoms with van der Waals surface area (Å²) in [4.78, 5) is 25.2. The predicted molar refractivity (Wildman–Crippen MR) is 85.7 cm³/mol. The van der Waals surface area contributed by atoms with Crippen LogP contribution in [0.5, 0.6) is 0 Å². The van der Waals surface area contributed by atoms with Gasteiger partial charge in [0, 0.05) is 18.1 Å². The van der Waals surface area contributed by atoms with E-state index in [0.717, 1.165) is 36.1 Å². The quantitative estimate of drug-likeness (QED) is 0.900. The normalized spacial score (nSPS) is 13.7. The fourth-order valence-corrected chi connectivity index (χ4v) is 4.24. The number of hydrogen-bond donors (Lipinski definition) is 2. The second kappa shape index (κ2) is 5.73. The molecule has 0 atom stereocenters. The SMILES string of the molecule is Cn1cc(Cl)c(C(=O)Nc2sc3c(c2C(N)=O)CCCC3)n1. The van der Waals surface area contributed by atoms with Crippen molar-refractivity contribution in [3.8, 4) is 0 Å². The van der Waals surface area contributed by atoms with E-state index in [9.17, 15) is 9.59 Å². The van der Waals surface area contributed by atoms with Crippen LogP contribution in [0.1, 0.15) is 44.1 Å². The number of primary amides is 1. The number of hydrogen-bond acceptors (Lipinski definition) is 4. The molecule has 2 amide bonds. The molecule has 2 aromatic rings. The van der Waals surface area contributed by atoms with E-state index in [1.54, 1.807) is 13.2 Å². The third-order valence-electron chi connectivity index (χ3n) is 3.64. The number of carbonyl (C=O) groups excluding carboxylic acids is 2. The Morgan fingerprint density at radius 3 is 2.77 bits per heavy atom. The molecule has 3 N–H and O–H groups in total. The zero-order valence-corrected chi connectivity index (χ0v) is 13.6. The molecular weight excluding hydrogens is 324 g/mol. The molecule has 0 radical (unpaired) electrons. The smallest absolute Gasteiger partial charge is 0.278 e. The predicted octanol–water partition coefficient (Wildman–Crippen LogP) is 2.37. The molecule has 0 bridgehead atoms. The minimum absolute atomic E-state index is 0.131. The molecular formula is C14H15ClN4O2S. The van der Waals surface area contributed by atoms with Gasteiger partial charge >= 0.3 is 0 Å². The van der Waals surface area contributed by atoms with E-state index in [1.165, 1.54) is 16.0 Å². The van der Waals surface area contributed by atoms with Crippen LogP contribution in [0, 0.1) is 0 Å². The first-order chi connectivity index (χ1) is 10.5. The standard InChI is InChI=1S/C14H15ClN4O2S/c1-19-6-8(15)11(18-19)13(21)17-14-10(12(16)20)7-4-2-3-5-9(7)22-14/h6H,2-5H2,1H3,(H2,16,20)(H,17,21). The van der Waals surface area contributed by atoms with Crippen LogP contribution in [0.2, 0.25) is 5.02 Å².